The maximum Gasteiger partial charge on any atom is 0.308 e. The summed E-state index contributed by atoms with van der Waals surface area (Å²) < 4.78 is 0. The number of carbonyl (C=O) groups is 2. The van der Waals surface area contributed by atoms with Crippen molar-refractivity contribution in [1.29, 1.82) is 0 Å². The molecule has 0 aromatic heterocycles. The Morgan fingerprint density at radius 2 is 2.00 bits per heavy atom. The van der Waals surface area contributed by atoms with Crippen molar-refractivity contribution < 1.29 is 14.7 Å². The van der Waals surface area contributed by atoms with E-state index in [1.165, 1.54) is 0 Å². The number of rotatable bonds is 8. The summed E-state index contributed by atoms with van der Waals surface area (Å²) in [7, 11) is 0. The van der Waals surface area contributed by atoms with Gasteiger partial charge in [0.25, 0.3) is 0 Å². The van der Waals surface area contributed by atoms with Crippen molar-refractivity contribution in [3.63, 3.8) is 0 Å². The van der Waals surface area contributed by atoms with E-state index in [0.29, 0.717) is 12.8 Å². The van der Waals surface area contributed by atoms with Gasteiger partial charge in [-0.25, -0.2) is 0 Å². The average Bonchev–Trinajstić information content (AvgIpc) is 2.41. The van der Waals surface area contributed by atoms with E-state index in [4.69, 9.17) is 5.11 Å². The minimum atomic E-state index is -0.881. The van der Waals surface area contributed by atoms with Crippen molar-refractivity contribution in [3.8, 4) is 0 Å². The summed E-state index contributed by atoms with van der Waals surface area (Å²) in [6.07, 6.45) is 2.79. The minimum absolute atomic E-state index is 0.0892. The van der Waals surface area contributed by atoms with Gasteiger partial charge in [0.1, 0.15) is 0 Å². The van der Waals surface area contributed by atoms with Crippen LogP contribution in [0.15, 0.2) is 30.3 Å². The zero-order valence-electron chi connectivity index (χ0n) is 11.0. The molecule has 0 saturated heterocycles. The van der Waals surface area contributed by atoms with Crippen LogP contribution in [0.5, 0.6) is 0 Å². The van der Waals surface area contributed by atoms with Crippen molar-refractivity contribution in [1.82, 2.24) is 5.32 Å². The highest BCUT2D eigenvalue weighted by Gasteiger charge is 2.18. The molecule has 1 rings (SSSR count). The van der Waals surface area contributed by atoms with Crippen LogP contribution in [0.25, 0.3) is 0 Å². The van der Waals surface area contributed by atoms with Gasteiger partial charge in [0.15, 0.2) is 0 Å². The van der Waals surface area contributed by atoms with E-state index in [-0.39, 0.29) is 12.5 Å². The van der Waals surface area contributed by atoms with Crippen LogP contribution in [0.4, 0.5) is 0 Å². The quantitative estimate of drug-likeness (QED) is 0.762. The summed E-state index contributed by atoms with van der Waals surface area (Å²) >= 11 is 1.60. The molecule has 5 heteroatoms. The second-order valence-electron chi connectivity index (χ2n) is 4.27. The fraction of sp³-hybridized carbons (Fsp3) is 0.429. The van der Waals surface area contributed by atoms with E-state index >= 15 is 0 Å². The number of hydrogen-bond acceptors (Lipinski definition) is 3. The first-order valence-corrected chi connectivity index (χ1v) is 7.55. The number of carbonyl (C=O) groups excluding carboxylic acids is 1. The molecule has 1 aromatic rings. The van der Waals surface area contributed by atoms with Crippen LogP contribution in [0.3, 0.4) is 0 Å². The van der Waals surface area contributed by atoms with Crippen LogP contribution in [-0.4, -0.2) is 35.5 Å². The van der Waals surface area contributed by atoms with E-state index in [1.807, 2.05) is 36.6 Å². The van der Waals surface area contributed by atoms with Gasteiger partial charge in [-0.1, -0.05) is 30.3 Å². The number of hydrogen-bond donors (Lipinski definition) is 2. The summed E-state index contributed by atoms with van der Waals surface area (Å²) in [5.41, 5.74) is 0.966. The first-order chi connectivity index (χ1) is 9.13. The number of carboxylic acid groups (broad SMARTS) is 1. The lowest BCUT2D eigenvalue weighted by Gasteiger charge is -2.13. The predicted octanol–water partition coefficient (Wildman–Crippen LogP) is 1.80. The zero-order chi connectivity index (χ0) is 14.1. The molecular formula is C14H19NO3S. The Morgan fingerprint density at radius 1 is 1.32 bits per heavy atom. The Hall–Kier alpha value is -1.49. The molecule has 0 radical (unpaired) electrons. The third-order valence-electron chi connectivity index (χ3n) is 2.75. The topological polar surface area (TPSA) is 66.4 Å². The van der Waals surface area contributed by atoms with Crippen molar-refractivity contribution in [2.24, 2.45) is 5.92 Å². The number of nitrogens with one attached hydrogen (secondary N) is 1. The number of amides is 1. The molecule has 0 bridgehead atoms. The van der Waals surface area contributed by atoms with E-state index in [1.54, 1.807) is 11.8 Å². The van der Waals surface area contributed by atoms with Gasteiger partial charge in [-0.3, -0.25) is 9.59 Å². The Kier molecular flexibility index (Phi) is 7.03. The number of benzene rings is 1. The van der Waals surface area contributed by atoms with Crippen molar-refractivity contribution in [3.05, 3.63) is 35.9 Å². The Balaban J connectivity index is 2.45. The molecule has 0 spiro atoms. The van der Waals surface area contributed by atoms with Crippen LogP contribution < -0.4 is 5.32 Å². The third kappa shape index (κ3) is 6.29. The second kappa shape index (κ2) is 8.58. The number of aliphatic carboxylic acids is 1. The van der Waals surface area contributed by atoms with Crippen LogP contribution in [0.2, 0.25) is 0 Å². The Morgan fingerprint density at radius 3 is 2.58 bits per heavy atom. The summed E-state index contributed by atoms with van der Waals surface area (Å²) in [5, 5.41) is 11.9. The van der Waals surface area contributed by atoms with Gasteiger partial charge in [-0.05, 0) is 18.2 Å². The molecule has 2 N–H and O–H groups in total. The molecule has 4 nitrogen and oxygen atoms in total. The van der Waals surface area contributed by atoms with E-state index in [2.05, 4.69) is 5.32 Å². The lowest BCUT2D eigenvalue weighted by atomic mass is 9.99. The smallest absolute Gasteiger partial charge is 0.308 e. The summed E-state index contributed by atoms with van der Waals surface area (Å²) in [6, 6.07) is 9.44. The van der Waals surface area contributed by atoms with Crippen molar-refractivity contribution in [2.75, 3.05) is 18.6 Å². The van der Waals surface area contributed by atoms with Gasteiger partial charge in [0.05, 0.1) is 5.92 Å². The zero-order valence-corrected chi connectivity index (χ0v) is 11.8. The van der Waals surface area contributed by atoms with Gasteiger partial charge in [0, 0.05) is 18.7 Å². The highest BCUT2D eigenvalue weighted by Crippen LogP contribution is 2.08. The first kappa shape index (κ1) is 15.6. The van der Waals surface area contributed by atoms with Crippen LogP contribution in [-0.2, 0) is 16.0 Å². The maximum absolute atomic E-state index is 11.5. The van der Waals surface area contributed by atoms with E-state index in [0.717, 1.165) is 11.3 Å². The monoisotopic (exact) mass is 281 g/mol. The molecule has 104 valence electrons. The SMILES string of the molecule is CSCCC(=O)NCC(Cc1ccccc1)C(=O)O. The van der Waals surface area contributed by atoms with Crippen molar-refractivity contribution >= 4 is 23.6 Å². The summed E-state index contributed by atoms with van der Waals surface area (Å²) in [5.74, 6) is -0.800. The lowest BCUT2D eigenvalue weighted by molar-refractivity contribution is -0.141. The van der Waals surface area contributed by atoms with Gasteiger partial charge >= 0.3 is 5.97 Å². The van der Waals surface area contributed by atoms with Crippen LogP contribution in [0, 0.1) is 5.92 Å². The summed E-state index contributed by atoms with van der Waals surface area (Å²) in [6.45, 7) is 0.178. The van der Waals surface area contributed by atoms with Gasteiger partial charge in [0.2, 0.25) is 5.91 Å². The fourth-order valence-electron chi connectivity index (χ4n) is 1.67. The molecule has 0 aliphatic heterocycles. The standard InChI is InChI=1S/C14H19NO3S/c1-19-8-7-13(16)15-10-12(14(17)18)9-11-5-3-2-4-6-11/h2-6,12H,7-10H2,1H3,(H,15,16)(H,17,18). The van der Waals surface area contributed by atoms with Gasteiger partial charge < -0.3 is 10.4 Å². The highest BCUT2D eigenvalue weighted by atomic mass is 32.2. The summed E-state index contributed by atoms with van der Waals surface area (Å²) in [4.78, 5) is 22.6. The van der Waals surface area contributed by atoms with Gasteiger partial charge in [-0.15, -0.1) is 0 Å². The molecule has 0 aliphatic carbocycles. The van der Waals surface area contributed by atoms with Crippen LogP contribution in [0.1, 0.15) is 12.0 Å². The molecule has 1 atom stereocenters. The number of thioether (sulfide) groups is 1. The number of carboxylic acids is 1. The van der Waals surface area contributed by atoms with E-state index in [9.17, 15) is 9.59 Å². The molecule has 0 aliphatic rings. The second-order valence-corrected chi connectivity index (χ2v) is 5.26. The predicted molar refractivity (Wildman–Crippen MR) is 77.3 cm³/mol. The normalized spacial score (nSPS) is 11.8. The molecule has 1 amide bonds. The van der Waals surface area contributed by atoms with E-state index < -0.39 is 11.9 Å². The van der Waals surface area contributed by atoms with Crippen molar-refractivity contribution in [2.45, 2.75) is 12.8 Å². The van der Waals surface area contributed by atoms with Crippen LogP contribution >= 0.6 is 11.8 Å². The lowest BCUT2D eigenvalue weighted by Crippen LogP contribution is -2.34. The molecule has 1 aromatic carbocycles. The minimum Gasteiger partial charge on any atom is -0.481 e. The molecule has 19 heavy (non-hydrogen) atoms. The Bertz CT molecular complexity index is 408. The average molecular weight is 281 g/mol. The largest absolute Gasteiger partial charge is 0.481 e. The third-order valence-corrected chi connectivity index (χ3v) is 3.37. The van der Waals surface area contributed by atoms with Gasteiger partial charge in [-0.2, -0.15) is 11.8 Å². The highest BCUT2D eigenvalue weighted by molar-refractivity contribution is 7.98. The fourth-order valence-corrected chi connectivity index (χ4v) is 2.06. The molecular weight excluding hydrogens is 262 g/mol. The maximum atomic E-state index is 11.5. The molecule has 1 unspecified atom stereocenters. The molecule has 0 saturated carbocycles. The first-order valence-electron chi connectivity index (χ1n) is 6.16. The Labute approximate surface area is 117 Å². The molecule has 0 fully saturated rings. The molecule has 0 heterocycles.